The van der Waals surface area contributed by atoms with Gasteiger partial charge >= 0.3 is 0 Å². The molecule has 0 aromatic carbocycles. The van der Waals surface area contributed by atoms with Gasteiger partial charge in [0.2, 0.25) is 0 Å². The summed E-state index contributed by atoms with van der Waals surface area (Å²) in [7, 11) is -1.55. The van der Waals surface area contributed by atoms with Crippen LogP contribution < -0.4 is 5.32 Å². The van der Waals surface area contributed by atoms with Gasteiger partial charge in [-0.2, -0.15) is 0 Å². The van der Waals surface area contributed by atoms with Gasteiger partial charge in [-0.1, -0.05) is 32.9 Å². The predicted octanol–water partition coefficient (Wildman–Crippen LogP) is 2.54. The second-order valence-corrected chi connectivity index (χ2v) is 10.3. The minimum absolute atomic E-state index is 0.315. The summed E-state index contributed by atoms with van der Waals surface area (Å²) in [4.78, 5) is 0. The SMILES string of the molecule is CC(C)(C)[Si](C)(C)OC[C@@H]1C=CCN1. The van der Waals surface area contributed by atoms with Crippen LogP contribution in [-0.4, -0.2) is 27.5 Å². The van der Waals surface area contributed by atoms with Crippen molar-refractivity contribution in [2.24, 2.45) is 0 Å². The smallest absolute Gasteiger partial charge is 0.192 e. The Labute approximate surface area is 88.9 Å². The van der Waals surface area contributed by atoms with E-state index in [9.17, 15) is 0 Å². The van der Waals surface area contributed by atoms with Crippen LogP contribution in [-0.2, 0) is 4.43 Å². The zero-order valence-corrected chi connectivity index (χ0v) is 11.1. The average Bonchev–Trinajstić information content (AvgIpc) is 2.50. The molecule has 0 spiro atoms. The lowest BCUT2D eigenvalue weighted by molar-refractivity contribution is 0.268. The molecule has 2 nitrogen and oxygen atoms in total. The average molecular weight is 213 g/mol. The van der Waals surface area contributed by atoms with Crippen molar-refractivity contribution in [2.45, 2.75) is 44.9 Å². The summed E-state index contributed by atoms with van der Waals surface area (Å²) >= 11 is 0. The third-order valence-corrected chi connectivity index (χ3v) is 7.80. The highest BCUT2D eigenvalue weighted by Crippen LogP contribution is 2.36. The lowest BCUT2D eigenvalue weighted by atomic mass is 10.2. The van der Waals surface area contributed by atoms with Crippen molar-refractivity contribution in [2.75, 3.05) is 13.2 Å². The molecule has 0 radical (unpaired) electrons. The van der Waals surface area contributed by atoms with Gasteiger partial charge in [0.15, 0.2) is 8.32 Å². The minimum Gasteiger partial charge on any atom is -0.415 e. The first-order valence-electron chi connectivity index (χ1n) is 5.37. The summed E-state index contributed by atoms with van der Waals surface area (Å²) in [6.07, 6.45) is 4.37. The fourth-order valence-corrected chi connectivity index (χ4v) is 2.18. The van der Waals surface area contributed by atoms with Crippen LogP contribution in [0.5, 0.6) is 0 Å². The number of hydrogen-bond acceptors (Lipinski definition) is 2. The standard InChI is InChI=1S/C11H23NOSi/c1-11(2,3)14(4,5)13-9-10-7-6-8-12-10/h6-7,10,12H,8-9H2,1-5H3/t10-/m0/s1. The molecule has 0 aliphatic carbocycles. The van der Waals surface area contributed by atoms with Gasteiger partial charge in [-0.15, -0.1) is 0 Å². The van der Waals surface area contributed by atoms with Crippen LogP contribution in [0, 0.1) is 0 Å². The molecule has 1 rings (SSSR count). The molecular formula is C11H23NOSi. The summed E-state index contributed by atoms with van der Waals surface area (Å²) in [5, 5.41) is 3.68. The van der Waals surface area contributed by atoms with E-state index < -0.39 is 8.32 Å². The molecule has 0 fully saturated rings. The summed E-state index contributed by atoms with van der Waals surface area (Å²) < 4.78 is 6.10. The third-order valence-electron chi connectivity index (χ3n) is 3.30. The van der Waals surface area contributed by atoms with Crippen LogP contribution in [0.25, 0.3) is 0 Å². The van der Waals surface area contributed by atoms with Crippen LogP contribution >= 0.6 is 0 Å². The molecule has 3 heteroatoms. The van der Waals surface area contributed by atoms with E-state index in [0.29, 0.717) is 11.1 Å². The Bertz CT molecular complexity index is 218. The lowest BCUT2D eigenvalue weighted by Crippen LogP contribution is -2.43. The Morgan fingerprint density at radius 2 is 2.07 bits per heavy atom. The largest absolute Gasteiger partial charge is 0.415 e. The summed E-state index contributed by atoms with van der Waals surface area (Å²) in [6, 6.07) is 0.434. The van der Waals surface area contributed by atoms with Crippen molar-refractivity contribution < 1.29 is 4.43 Å². The quantitative estimate of drug-likeness (QED) is 0.574. The highest BCUT2D eigenvalue weighted by molar-refractivity contribution is 6.74. The first-order chi connectivity index (χ1) is 6.33. The van der Waals surface area contributed by atoms with Gasteiger partial charge < -0.3 is 9.74 Å². The van der Waals surface area contributed by atoms with Crippen LogP contribution in [0.2, 0.25) is 18.1 Å². The molecule has 0 saturated carbocycles. The number of hydrogen-bond donors (Lipinski definition) is 1. The van der Waals surface area contributed by atoms with Gasteiger partial charge in [-0.3, -0.25) is 0 Å². The van der Waals surface area contributed by atoms with E-state index in [1.54, 1.807) is 0 Å². The zero-order valence-electron chi connectivity index (χ0n) is 10.1. The molecule has 1 heterocycles. The van der Waals surface area contributed by atoms with Gasteiger partial charge in [-0.25, -0.2) is 0 Å². The van der Waals surface area contributed by atoms with Crippen molar-refractivity contribution in [3.8, 4) is 0 Å². The highest BCUT2D eigenvalue weighted by atomic mass is 28.4. The maximum atomic E-state index is 6.10. The monoisotopic (exact) mass is 213 g/mol. The van der Waals surface area contributed by atoms with E-state index in [2.05, 4.69) is 51.3 Å². The van der Waals surface area contributed by atoms with Crippen molar-refractivity contribution in [1.82, 2.24) is 5.32 Å². The minimum atomic E-state index is -1.55. The van der Waals surface area contributed by atoms with E-state index in [1.807, 2.05) is 0 Å². The van der Waals surface area contributed by atoms with E-state index in [-0.39, 0.29) is 0 Å². The van der Waals surface area contributed by atoms with Crippen LogP contribution in [0.4, 0.5) is 0 Å². The molecule has 82 valence electrons. The van der Waals surface area contributed by atoms with Crippen molar-refractivity contribution >= 4 is 8.32 Å². The molecule has 0 unspecified atom stereocenters. The molecular weight excluding hydrogens is 190 g/mol. The fraction of sp³-hybridized carbons (Fsp3) is 0.818. The van der Waals surface area contributed by atoms with Gasteiger partial charge in [-0.05, 0) is 18.1 Å². The van der Waals surface area contributed by atoms with E-state index >= 15 is 0 Å². The zero-order chi connectivity index (χ0) is 10.8. The Morgan fingerprint density at radius 1 is 1.43 bits per heavy atom. The first-order valence-corrected chi connectivity index (χ1v) is 8.28. The van der Waals surface area contributed by atoms with Crippen molar-refractivity contribution in [1.29, 1.82) is 0 Å². The Hall–Kier alpha value is -0.123. The number of rotatable bonds is 3. The van der Waals surface area contributed by atoms with Crippen molar-refractivity contribution in [3.63, 3.8) is 0 Å². The molecule has 1 aliphatic rings. The Balaban J connectivity index is 2.39. The molecule has 14 heavy (non-hydrogen) atoms. The topological polar surface area (TPSA) is 21.3 Å². The molecule has 1 aliphatic heterocycles. The maximum Gasteiger partial charge on any atom is 0.192 e. The fourth-order valence-electron chi connectivity index (χ4n) is 1.15. The summed E-state index contributed by atoms with van der Waals surface area (Å²) in [6.45, 7) is 13.2. The summed E-state index contributed by atoms with van der Waals surface area (Å²) in [5.74, 6) is 0. The second-order valence-electron chi connectivity index (χ2n) is 5.51. The maximum absolute atomic E-state index is 6.10. The molecule has 0 aromatic heterocycles. The van der Waals surface area contributed by atoms with Crippen LogP contribution in [0.1, 0.15) is 20.8 Å². The van der Waals surface area contributed by atoms with Gasteiger partial charge in [0.25, 0.3) is 0 Å². The van der Waals surface area contributed by atoms with Gasteiger partial charge in [0.1, 0.15) is 0 Å². The molecule has 1 atom stereocenters. The molecule has 1 N–H and O–H groups in total. The van der Waals surface area contributed by atoms with E-state index in [1.165, 1.54) is 0 Å². The highest BCUT2D eigenvalue weighted by Gasteiger charge is 2.37. The van der Waals surface area contributed by atoms with Crippen molar-refractivity contribution in [3.05, 3.63) is 12.2 Å². The van der Waals surface area contributed by atoms with Gasteiger partial charge in [0.05, 0.1) is 6.61 Å². The normalized spacial score (nSPS) is 23.1. The molecule has 0 aromatic rings. The van der Waals surface area contributed by atoms with Crippen LogP contribution in [0.15, 0.2) is 12.2 Å². The Kier molecular flexibility index (Phi) is 3.56. The summed E-state index contributed by atoms with van der Waals surface area (Å²) in [5.41, 5.74) is 0. The predicted molar refractivity (Wildman–Crippen MR) is 64.1 cm³/mol. The third kappa shape index (κ3) is 2.94. The van der Waals surface area contributed by atoms with E-state index in [0.717, 1.165) is 13.2 Å². The van der Waals surface area contributed by atoms with Gasteiger partial charge in [0, 0.05) is 12.6 Å². The molecule has 0 amide bonds. The first kappa shape index (κ1) is 11.9. The van der Waals surface area contributed by atoms with E-state index in [4.69, 9.17) is 4.43 Å². The lowest BCUT2D eigenvalue weighted by Gasteiger charge is -2.36. The number of nitrogens with one attached hydrogen (secondary N) is 1. The second kappa shape index (κ2) is 4.17. The van der Waals surface area contributed by atoms with Crippen LogP contribution in [0.3, 0.4) is 0 Å². The Morgan fingerprint density at radius 3 is 2.50 bits per heavy atom. The molecule has 0 bridgehead atoms. The molecule has 0 saturated heterocycles.